The van der Waals surface area contributed by atoms with Crippen LogP contribution in [0.25, 0.3) is 0 Å². The van der Waals surface area contributed by atoms with Crippen molar-refractivity contribution in [2.24, 2.45) is 17.6 Å². The Balaban J connectivity index is 1.50. The lowest BCUT2D eigenvalue weighted by Crippen LogP contribution is -2.36. The molecule has 0 aliphatic carbocycles. The van der Waals surface area contributed by atoms with Crippen molar-refractivity contribution in [3.63, 3.8) is 0 Å². The predicted molar refractivity (Wildman–Crippen MR) is 124 cm³/mol. The largest absolute Gasteiger partial charge is 0.496 e. The number of carbonyl (C=O) groups is 2. The van der Waals surface area contributed by atoms with Crippen molar-refractivity contribution in [3.8, 4) is 17.2 Å². The van der Waals surface area contributed by atoms with Crippen LogP contribution in [0.3, 0.4) is 0 Å². The van der Waals surface area contributed by atoms with E-state index in [1.165, 1.54) is 14.2 Å². The minimum Gasteiger partial charge on any atom is -0.496 e. The average molecular weight is 454 g/mol. The Hall–Kier alpha value is -3.26. The van der Waals surface area contributed by atoms with Gasteiger partial charge in [-0.3, -0.25) is 14.5 Å². The zero-order chi connectivity index (χ0) is 23.5. The number of primary amides is 1. The average Bonchev–Trinajstić information content (AvgIpc) is 3.41. The molecule has 0 spiro atoms. The van der Waals surface area contributed by atoms with Crippen LogP contribution in [0, 0.1) is 11.8 Å². The van der Waals surface area contributed by atoms with Gasteiger partial charge in [0.25, 0.3) is 5.91 Å². The quantitative estimate of drug-likeness (QED) is 0.659. The van der Waals surface area contributed by atoms with Gasteiger partial charge >= 0.3 is 0 Å². The second-order valence-electron chi connectivity index (χ2n) is 8.69. The summed E-state index contributed by atoms with van der Waals surface area (Å²) in [5.41, 5.74) is 7.07. The van der Waals surface area contributed by atoms with Crippen molar-refractivity contribution < 1.29 is 23.8 Å². The van der Waals surface area contributed by atoms with Gasteiger partial charge in [-0.2, -0.15) is 0 Å². The van der Waals surface area contributed by atoms with Gasteiger partial charge in [0.15, 0.2) is 0 Å². The highest BCUT2D eigenvalue weighted by Crippen LogP contribution is 2.40. The second-order valence-corrected chi connectivity index (χ2v) is 8.69. The van der Waals surface area contributed by atoms with Crippen LogP contribution in [0.4, 0.5) is 0 Å². The summed E-state index contributed by atoms with van der Waals surface area (Å²) in [5, 5.41) is 0. The van der Waals surface area contributed by atoms with Crippen molar-refractivity contribution in [2.75, 3.05) is 47.5 Å². The van der Waals surface area contributed by atoms with Crippen LogP contribution in [0.1, 0.15) is 28.4 Å². The minimum absolute atomic E-state index is 0.0415. The Bertz CT molecular complexity index is 973. The van der Waals surface area contributed by atoms with E-state index in [0.717, 1.165) is 18.7 Å². The summed E-state index contributed by atoms with van der Waals surface area (Å²) in [6.07, 6.45) is 0.284. The van der Waals surface area contributed by atoms with Crippen LogP contribution in [-0.4, -0.2) is 69.1 Å². The van der Waals surface area contributed by atoms with E-state index in [1.807, 2.05) is 35.2 Å². The summed E-state index contributed by atoms with van der Waals surface area (Å²) < 4.78 is 16.3. The highest BCUT2D eigenvalue weighted by Gasteiger charge is 2.44. The van der Waals surface area contributed by atoms with E-state index in [0.29, 0.717) is 47.7 Å². The number of nitrogens with zero attached hydrogens (tertiary/aromatic N) is 2. The molecule has 2 saturated heterocycles. The topological polar surface area (TPSA) is 94.3 Å². The van der Waals surface area contributed by atoms with Gasteiger partial charge in [0, 0.05) is 50.8 Å². The van der Waals surface area contributed by atoms with Crippen LogP contribution in [0.15, 0.2) is 42.5 Å². The van der Waals surface area contributed by atoms with Gasteiger partial charge < -0.3 is 24.8 Å². The fourth-order valence-electron chi connectivity index (χ4n) is 5.15. The number of likely N-dealkylation sites (tertiary alicyclic amines) is 2. The van der Waals surface area contributed by atoms with Crippen molar-refractivity contribution in [1.29, 1.82) is 0 Å². The zero-order valence-electron chi connectivity index (χ0n) is 19.3. The van der Waals surface area contributed by atoms with E-state index in [1.54, 1.807) is 19.2 Å². The highest BCUT2D eigenvalue weighted by molar-refractivity contribution is 6.00. The zero-order valence-corrected chi connectivity index (χ0v) is 19.3. The first-order valence-electron chi connectivity index (χ1n) is 11.1. The number of nitrogens with two attached hydrogens (primary N) is 1. The molecular weight excluding hydrogens is 422 g/mol. The molecule has 0 bridgehead atoms. The van der Waals surface area contributed by atoms with Crippen LogP contribution in [0.5, 0.6) is 17.2 Å². The van der Waals surface area contributed by atoms with Gasteiger partial charge in [0.05, 0.1) is 21.3 Å². The number of fused-ring (bicyclic) bond motifs is 1. The van der Waals surface area contributed by atoms with Crippen LogP contribution < -0.4 is 19.9 Å². The molecule has 3 atom stereocenters. The van der Waals surface area contributed by atoms with E-state index in [2.05, 4.69) is 4.90 Å². The summed E-state index contributed by atoms with van der Waals surface area (Å²) >= 11 is 0. The maximum absolute atomic E-state index is 13.5. The third-order valence-electron chi connectivity index (χ3n) is 6.75. The molecule has 176 valence electrons. The molecule has 33 heavy (non-hydrogen) atoms. The maximum atomic E-state index is 13.5. The van der Waals surface area contributed by atoms with Crippen molar-refractivity contribution in [2.45, 2.75) is 12.5 Å². The monoisotopic (exact) mass is 453 g/mol. The van der Waals surface area contributed by atoms with Gasteiger partial charge in [-0.05, 0) is 17.4 Å². The Morgan fingerprint density at radius 3 is 2.00 bits per heavy atom. The van der Waals surface area contributed by atoms with E-state index < -0.39 is 0 Å². The first kappa shape index (κ1) is 22.9. The molecule has 2 aliphatic heterocycles. The molecule has 0 aromatic heterocycles. The molecule has 2 amide bonds. The summed E-state index contributed by atoms with van der Waals surface area (Å²) in [5.74, 6) is 1.68. The molecule has 2 aromatic carbocycles. The number of ether oxygens (including phenoxy) is 3. The predicted octanol–water partition coefficient (Wildman–Crippen LogP) is 2.33. The second kappa shape index (κ2) is 9.70. The SMILES string of the molecule is COc1cc(OC)c(C(=O)N2CC3CN([C@@H](CC(N)=O)c4ccccc4)CC3C2)c(OC)c1. The number of hydrogen-bond acceptors (Lipinski definition) is 6. The van der Waals surface area contributed by atoms with E-state index >= 15 is 0 Å². The summed E-state index contributed by atoms with van der Waals surface area (Å²) in [6.45, 7) is 2.93. The van der Waals surface area contributed by atoms with Crippen molar-refractivity contribution in [3.05, 3.63) is 53.6 Å². The third kappa shape index (κ3) is 4.61. The standard InChI is InChI=1S/C25H31N3O5/c1-31-19-9-21(32-2)24(22(10-19)33-3)25(30)28-14-17-12-27(13-18(17)15-28)20(11-23(26)29)16-7-5-4-6-8-16/h4-10,17-18,20H,11-15H2,1-3H3,(H2,26,29)/t17?,18?,20-/m0/s1. The molecule has 2 aliphatic rings. The smallest absolute Gasteiger partial charge is 0.261 e. The first-order valence-corrected chi connectivity index (χ1v) is 11.1. The lowest BCUT2D eigenvalue weighted by atomic mass is 10.0. The Morgan fingerprint density at radius 1 is 0.939 bits per heavy atom. The first-order chi connectivity index (χ1) is 15.9. The molecule has 0 saturated carbocycles. The molecule has 2 unspecified atom stereocenters. The number of rotatable bonds is 8. The van der Waals surface area contributed by atoms with E-state index in [4.69, 9.17) is 19.9 Å². The van der Waals surface area contributed by atoms with E-state index in [9.17, 15) is 9.59 Å². The highest BCUT2D eigenvalue weighted by atomic mass is 16.5. The van der Waals surface area contributed by atoms with Gasteiger partial charge in [0.2, 0.25) is 5.91 Å². The van der Waals surface area contributed by atoms with Gasteiger partial charge in [-0.25, -0.2) is 0 Å². The van der Waals surface area contributed by atoms with Crippen LogP contribution >= 0.6 is 0 Å². The van der Waals surface area contributed by atoms with Gasteiger partial charge in [-0.1, -0.05) is 30.3 Å². The summed E-state index contributed by atoms with van der Waals surface area (Å²) in [4.78, 5) is 29.5. The van der Waals surface area contributed by atoms with Crippen molar-refractivity contribution >= 4 is 11.8 Å². The number of carbonyl (C=O) groups excluding carboxylic acids is 2. The van der Waals surface area contributed by atoms with Crippen molar-refractivity contribution in [1.82, 2.24) is 9.80 Å². The lowest BCUT2D eigenvalue weighted by Gasteiger charge is -2.29. The molecule has 0 radical (unpaired) electrons. The molecule has 2 heterocycles. The molecule has 2 N–H and O–H groups in total. The maximum Gasteiger partial charge on any atom is 0.261 e. The summed E-state index contributed by atoms with van der Waals surface area (Å²) in [6, 6.07) is 13.4. The van der Waals surface area contributed by atoms with Gasteiger partial charge in [-0.15, -0.1) is 0 Å². The third-order valence-corrected chi connectivity index (χ3v) is 6.75. The molecule has 8 nitrogen and oxygen atoms in total. The normalized spacial score (nSPS) is 20.9. The van der Waals surface area contributed by atoms with Gasteiger partial charge in [0.1, 0.15) is 22.8 Å². The number of methoxy groups -OCH3 is 3. The molecule has 2 fully saturated rings. The Morgan fingerprint density at radius 2 is 1.52 bits per heavy atom. The molecular formula is C25H31N3O5. The number of benzene rings is 2. The minimum atomic E-state index is -0.309. The van der Waals surface area contributed by atoms with E-state index in [-0.39, 0.29) is 24.3 Å². The Kier molecular flexibility index (Phi) is 6.74. The summed E-state index contributed by atoms with van der Waals surface area (Å²) in [7, 11) is 4.62. The molecule has 2 aromatic rings. The molecule has 4 rings (SSSR count). The van der Waals surface area contributed by atoms with Crippen LogP contribution in [-0.2, 0) is 4.79 Å². The fourth-order valence-corrected chi connectivity index (χ4v) is 5.15. The fraction of sp³-hybridized carbons (Fsp3) is 0.440. The molecule has 8 heteroatoms. The van der Waals surface area contributed by atoms with Crippen LogP contribution in [0.2, 0.25) is 0 Å². The number of amides is 2. The Labute approximate surface area is 194 Å². The number of hydrogen-bond donors (Lipinski definition) is 1. The lowest BCUT2D eigenvalue weighted by molar-refractivity contribution is -0.119.